The van der Waals surface area contributed by atoms with E-state index in [9.17, 15) is 14.4 Å². The molecule has 0 N–H and O–H groups in total. The summed E-state index contributed by atoms with van der Waals surface area (Å²) in [5, 5.41) is 2.67. The summed E-state index contributed by atoms with van der Waals surface area (Å²) in [6.45, 7) is -0.470. The summed E-state index contributed by atoms with van der Waals surface area (Å²) in [5.41, 5.74) is 1.56. The number of hydrogen-bond donors (Lipinski definition) is 0. The summed E-state index contributed by atoms with van der Waals surface area (Å²) in [6.07, 6.45) is 1.56. The molecular formula is C24H19NO5. The van der Waals surface area contributed by atoms with Gasteiger partial charge in [0.2, 0.25) is 0 Å². The van der Waals surface area contributed by atoms with Crippen LogP contribution in [-0.4, -0.2) is 36.0 Å². The van der Waals surface area contributed by atoms with Crippen LogP contribution in [0.3, 0.4) is 0 Å². The number of hydrogen-bond acceptors (Lipinski definition) is 5. The van der Waals surface area contributed by atoms with E-state index < -0.39 is 11.9 Å². The molecule has 0 aliphatic rings. The second-order valence-corrected chi connectivity index (χ2v) is 6.83. The molecule has 0 bridgehead atoms. The zero-order valence-corrected chi connectivity index (χ0v) is 16.3. The molecule has 150 valence electrons. The van der Waals surface area contributed by atoms with Crippen LogP contribution < -0.4 is 0 Å². The smallest absolute Gasteiger partial charge is 0.340 e. The molecule has 4 rings (SSSR count). The number of rotatable bonds is 6. The molecule has 1 heterocycles. The Morgan fingerprint density at radius 2 is 1.63 bits per heavy atom. The van der Waals surface area contributed by atoms with E-state index in [4.69, 9.17) is 9.47 Å². The minimum absolute atomic E-state index is 0.123. The highest BCUT2D eigenvalue weighted by Crippen LogP contribution is 2.22. The summed E-state index contributed by atoms with van der Waals surface area (Å²) in [6, 6.07) is 20.3. The number of Topliss-reactive ketones (excluding diaryl/α,β-unsaturated/α-hetero) is 1. The summed E-state index contributed by atoms with van der Waals surface area (Å²) < 4.78 is 11.6. The number of benzene rings is 3. The number of ketones is 1. The molecule has 3 aromatic carbocycles. The Balaban J connectivity index is 1.46. The molecule has 0 unspecified atom stereocenters. The van der Waals surface area contributed by atoms with Gasteiger partial charge in [0.15, 0.2) is 12.4 Å². The van der Waals surface area contributed by atoms with E-state index in [0.29, 0.717) is 22.0 Å². The number of nitrogens with zero attached hydrogens (tertiary/aromatic N) is 1. The fraction of sp³-hybridized carbons (Fsp3) is 0.125. The third kappa shape index (κ3) is 3.80. The van der Waals surface area contributed by atoms with Gasteiger partial charge in [0.05, 0.1) is 12.7 Å². The summed E-state index contributed by atoms with van der Waals surface area (Å²) >= 11 is 0. The number of aromatic nitrogens is 1. The van der Waals surface area contributed by atoms with Gasteiger partial charge < -0.3 is 14.0 Å². The molecule has 1 aromatic heterocycles. The number of methoxy groups -OCH3 is 1. The molecule has 0 radical (unpaired) electrons. The normalized spacial score (nSPS) is 10.8. The van der Waals surface area contributed by atoms with Gasteiger partial charge in [0.25, 0.3) is 0 Å². The maximum absolute atomic E-state index is 12.4. The Labute approximate surface area is 172 Å². The number of carbonyl (C=O) groups is 3. The van der Waals surface area contributed by atoms with Gasteiger partial charge in [-0.1, -0.05) is 54.6 Å². The standard InChI is InChI=1S/C24H19NO5/c1-29-24(28)20-13-25(21-9-5-4-8-19(20)21)14-23(27)30-15-22(26)18-11-10-16-6-2-3-7-17(16)12-18/h2-13H,14-15H2,1H3. The van der Waals surface area contributed by atoms with Gasteiger partial charge in [-0.2, -0.15) is 0 Å². The van der Waals surface area contributed by atoms with Crippen LogP contribution in [0.25, 0.3) is 21.7 Å². The zero-order chi connectivity index (χ0) is 21.1. The van der Waals surface area contributed by atoms with Gasteiger partial charge >= 0.3 is 11.9 Å². The Morgan fingerprint density at radius 1 is 0.900 bits per heavy atom. The third-order valence-corrected chi connectivity index (χ3v) is 4.93. The van der Waals surface area contributed by atoms with Crippen LogP contribution >= 0.6 is 0 Å². The van der Waals surface area contributed by atoms with Gasteiger partial charge in [-0.25, -0.2) is 4.79 Å². The first kappa shape index (κ1) is 19.4. The van der Waals surface area contributed by atoms with Gasteiger partial charge in [-0.3, -0.25) is 9.59 Å². The molecule has 0 saturated carbocycles. The number of esters is 2. The van der Waals surface area contributed by atoms with Crippen LogP contribution in [0.15, 0.2) is 72.9 Å². The lowest BCUT2D eigenvalue weighted by molar-refractivity contribution is -0.143. The van der Waals surface area contributed by atoms with E-state index in [-0.39, 0.29) is 18.9 Å². The van der Waals surface area contributed by atoms with Crippen LogP contribution in [0.4, 0.5) is 0 Å². The maximum atomic E-state index is 12.4. The van der Waals surface area contributed by atoms with E-state index in [1.165, 1.54) is 7.11 Å². The number of carbonyl (C=O) groups excluding carboxylic acids is 3. The molecule has 30 heavy (non-hydrogen) atoms. The summed E-state index contributed by atoms with van der Waals surface area (Å²) in [7, 11) is 1.31. The fourth-order valence-corrected chi connectivity index (χ4v) is 3.43. The summed E-state index contributed by atoms with van der Waals surface area (Å²) in [5.74, 6) is -1.33. The monoisotopic (exact) mass is 401 g/mol. The van der Waals surface area contributed by atoms with Crippen molar-refractivity contribution in [3.05, 3.63) is 84.1 Å². The van der Waals surface area contributed by atoms with E-state index >= 15 is 0 Å². The highest BCUT2D eigenvalue weighted by molar-refractivity contribution is 6.04. The van der Waals surface area contributed by atoms with Gasteiger partial charge in [0, 0.05) is 22.7 Å². The minimum Gasteiger partial charge on any atom is -0.465 e. The molecule has 6 heteroatoms. The van der Waals surface area contributed by atoms with Gasteiger partial charge in [-0.15, -0.1) is 0 Å². The molecule has 4 aromatic rings. The van der Waals surface area contributed by atoms with E-state index in [1.807, 2.05) is 36.4 Å². The second kappa shape index (κ2) is 8.21. The molecule has 0 spiro atoms. The van der Waals surface area contributed by atoms with Crippen molar-refractivity contribution in [3.8, 4) is 0 Å². The predicted molar refractivity (Wildman–Crippen MR) is 113 cm³/mol. The average Bonchev–Trinajstić information content (AvgIpc) is 3.15. The molecule has 6 nitrogen and oxygen atoms in total. The number of para-hydroxylation sites is 1. The van der Waals surface area contributed by atoms with Crippen LogP contribution in [0.2, 0.25) is 0 Å². The SMILES string of the molecule is COC(=O)c1cn(CC(=O)OCC(=O)c2ccc3ccccc3c2)c2ccccc12. The van der Waals surface area contributed by atoms with Crippen LogP contribution in [-0.2, 0) is 20.8 Å². The van der Waals surface area contributed by atoms with Crippen molar-refractivity contribution in [1.82, 2.24) is 4.57 Å². The Hall–Kier alpha value is -3.93. The van der Waals surface area contributed by atoms with Crippen molar-refractivity contribution in [2.24, 2.45) is 0 Å². The molecule has 0 amide bonds. The molecule has 0 saturated heterocycles. The molecule has 0 fully saturated rings. The van der Waals surface area contributed by atoms with Crippen molar-refractivity contribution in [3.63, 3.8) is 0 Å². The molecule has 0 aliphatic heterocycles. The van der Waals surface area contributed by atoms with Gasteiger partial charge in [-0.05, 0) is 22.9 Å². The van der Waals surface area contributed by atoms with Crippen molar-refractivity contribution < 1.29 is 23.9 Å². The van der Waals surface area contributed by atoms with Crippen molar-refractivity contribution in [1.29, 1.82) is 0 Å². The van der Waals surface area contributed by atoms with Gasteiger partial charge in [0.1, 0.15) is 6.54 Å². The van der Waals surface area contributed by atoms with E-state index in [1.54, 1.807) is 41.1 Å². The Morgan fingerprint density at radius 3 is 2.43 bits per heavy atom. The first-order valence-corrected chi connectivity index (χ1v) is 9.40. The predicted octanol–water partition coefficient (Wildman–Crippen LogP) is 4.01. The largest absolute Gasteiger partial charge is 0.465 e. The topological polar surface area (TPSA) is 74.6 Å². The van der Waals surface area contributed by atoms with Crippen LogP contribution in [0, 0.1) is 0 Å². The first-order valence-electron chi connectivity index (χ1n) is 9.40. The number of fused-ring (bicyclic) bond motifs is 2. The third-order valence-electron chi connectivity index (χ3n) is 4.93. The van der Waals surface area contributed by atoms with Crippen LogP contribution in [0.5, 0.6) is 0 Å². The van der Waals surface area contributed by atoms with E-state index in [2.05, 4.69) is 0 Å². The lowest BCUT2D eigenvalue weighted by Crippen LogP contribution is -2.18. The lowest BCUT2D eigenvalue weighted by Gasteiger charge is -2.07. The fourth-order valence-electron chi connectivity index (χ4n) is 3.43. The second-order valence-electron chi connectivity index (χ2n) is 6.83. The molecule has 0 atom stereocenters. The quantitative estimate of drug-likeness (QED) is 0.361. The maximum Gasteiger partial charge on any atom is 0.340 e. The Kier molecular flexibility index (Phi) is 5.30. The zero-order valence-electron chi connectivity index (χ0n) is 16.3. The van der Waals surface area contributed by atoms with Crippen LogP contribution in [0.1, 0.15) is 20.7 Å². The first-order chi connectivity index (χ1) is 14.6. The number of ether oxygens (including phenoxy) is 2. The van der Waals surface area contributed by atoms with Crippen molar-refractivity contribution >= 4 is 39.4 Å². The van der Waals surface area contributed by atoms with E-state index in [0.717, 1.165) is 10.8 Å². The van der Waals surface area contributed by atoms with Crippen molar-refractivity contribution in [2.75, 3.05) is 13.7 Å². The highest BCUT2D eigenvalue weighted by Gasteiger charge is 2.17. The molecule has 0 aliphatic carbocycles. The molecular weight excluding hydrogens is 382 g/mol. The minimum atomic E-state index is -0.568. The van der Waals surface area contributed by atoms with Crippen molar-refractivity contribution in [2.45, 2.75) is 6.54 Å². The highest BCUT2D eigenvalue weighted by atomic mass is 16.5. The lowest BCUT2D eigenvalue weighted by atomic mass is 10.0. The average molecular weight is 401 g/mol. The Bertz CT molecular complexity index is 1270. The summed E-state index contributed by atoms with van der Waals surface area (Å²) in [4.78, 5) is 36.8.